The molecule has 3 fully saturated rings. The number of carbonyl (C=O) groups is 4. The standard InChI is InChI=1S/C31H46FN3O16/c1-28-12-10-20(36)15-19(28)8-9-23-22-11-13-30(29(22,2)16-24(37)31(23,28)32,50-27(40)7-4-14-48-33(41)42)25(38)18-47-26(39)6-3-5-21(51-35(45)46)17-49-34(43)44/h10,12,15,21-24,37,41-46H,3-9,11,13-14,16-18H2,1-2H3/t21?,22?,23?,24-,28-,29-,30-,31-/m0/s1. The third kappa shape index (κ3) is 8.38. The SMILES string of the molecule is C[C@]12C=CC(=O)C=C1CCC1C3CC[C@](OC(=O)CCCON(O)O)(C(=O)COC(=O)CCCC(CON(O)O)ON(O)O)[C@@]3(C)C[C@H](O)[C@@]12F. The summed E-state index contributed by atoms with van der Waals surface area (Å²) < 4.78 is 28.8. The van der Waals surface area contributed by atoms with Crippen LogP contribution >= 0.6 is 0 Å². The number of rotatable bonds is 18. The highest BCUT2D eigenvalue weighted by atomic mass is 19.1. The van der Waals surface area contributed by atoms with Gasteiger partial charge in [-0.05, 0) is 76.4 Å². The Labute approximate surface area is 291 Å². The van der Waals surface area contributed by atoms with Crippen molar-refractivity contribution in [1.82, 2.24) is 16.2 Å². The van der Waals surface area contributed by atoms with E-state index in [9.17, 15) is 24.3 Å². The van der Waals surface area contributed by atoms with Crippen molar-refractivity contribution in [3.8, 4) is 0 Å². The van der Waals surface area contributed by atoms with E-state index in [0.717, 1.165) is 0 Å². The van der Waals surface area contributed by atoms with Crippen molar-refractivity contribution in [2.24, 2.45) is 22.7 Å². The molecule has 0 heterocycles. The molecule has 51 heavy (non-hydrogen) atoms. The van der Waals surface area contributed by atoms with Gasteiger partial charge in [-0.25, -0.2) is 14.1 Å². The van der Waals surface area contributed by atoms with Crippen LogP contribution in [0.3, 0.4) is 0 Å². The van der Waals surface area contributed by atoms with Gasteiger partial charge in [-0.2, -0.15) is 0 Å². The van der Waals surface area contributed by atoms with Crippen LogP contribution in [-0.4, -0.2) is 119 Å². The predicted octanol–water partition coefficient (Wildman–Crippen LogP) is 2.11. The lowest BCUT2D eigenvalue weighted by molar-refractivity contribution is -0.527. The van der Waals surface area contributed by atoms with E-state index in [1.807, 2.05) is 0 Å². The largest absolute Gasteiger partial charge is 0.457 e. The highest BCUT2D eigenvalue weighted by Gasteiger charge is 2.75. The number of aliphatic hydroxyl groups excluding tert-OH is 1. The molecule has 4 aliphatic rings. The van der Waals surface area contributed by atoms with Crippen molar-refractivity contribution >= 4 is 23.5 Å². The second-order valence-corrected chi connectivity index (χ2v) is 13.8. The summed E-state index contributed by atoms with van der Waals surface area (Å²) in [5.41, 5.74) is -6.21. The summed E-state index contributed by atoms with van der Waals surface area (Å²) in [7, 11) is 0. The minimum absolute atomic E-state index is 0.00541. The van der Waals surface area contributed by atoms with Crippen LogP contribution in [0.15, 0.2) is 23.8 Å². The van der Waals surface area contributed by atoms with Gasteiger partial charge in [0, 0.05) is 29.6 Å². The number of allylic oxidation sites excluding steroid dienone is 4. The zero-order valence-corrected chi connectivity index (χ0v) is 28.3. The molecule has 8 atom stereocenters. The van der Waals surface area contributed by atoms with Crippen LogP contribution in [0.25, 0.3) is 0 Å². The third-order valence-corrected chi connectivity index (χ3v) is 11.1. The molecule has 288 valence electrons. The van der Waals surface area contributed by atoms with E-state index < -0.39 is 93.2 Å². The fourth-order valence-electron chi connectivity index (χ4n) is 8.75. The molecule has 0 amide bonds. The number of carbonyl (C=O) groups excluding carboxylic acids is 4. The van der Waals surface area contributed by atoms with Crippen molar-refractivity contribution in [3.05, 3.63) is 23.8 Å². The fraction of sp³-hybridized carbons (Fsp3) is 0.742. The van der Waals surface area contributed by atoms with E-state index in [1.165, 1.54) is 18.2 Å². The van der Waals surface area contributed by atoms with Crippen LogP contribution in [0, 0.1) is 22.7 Å². The molecule has 0 aromatic carbocycles. The molecule has 0 saturated heterocycles. The first kappa shape index (κ1) is 40.9. The normalized spacial score (nSPS) is 33.5. The molecule has 7 N–H and O–H groups in total. The van der Waals surface area contributed by atoms with Gasteiger partial charge in [0.15, 0.2) is 23.7 Å². The Hall–Kier alpha value is -2.83. The second-order valence-electron chi connectivity index (χ2n) is 13.8. The maximum Gasteiger partial charge on any atom is 0.306 e. The minimum atomic E-state index is -2.21. The summed E-state index contributed by atoms with van der Waals surface area (Å²) in [5.74, 6) is -4.15. The average molecular weight is 736 g/mol. The Bertz CT molecular complexity index is 1360. The number of esters is 2. The van der Waals surface area contributed by atoms with E-state index in [1.54, 1.807) is 13.8 Å². The van der Waals surface area contributed by atoms with Crippen molar-refractivity contribution in [3.63, 3.8) is 0 Å². The Balaban J connectivity index is 1.52. The molecule has 0 aromatic heterocycles. The van der Waals surface area contributed by atoms with Gasteiger partial charge in [0.25, 0.3) is 0 Å². The van der Waals surface area contributed by atoms with E-state index in [-0.39, 0.29) is 70.2 Å². The Morgan fingerprint density at radius 3 is 2.31 bits per heavy atom. The minimum Gasteiger partial charge on any atom is -0.457 e. The van der Waals surface area contributed by atoms with Crippen molar-refractivity contribution in [2.45, 2.75) is 102 Å². The zero-order chi connectivity index (χ0) is 37.8. The number of fused-ring (bicyclic) bond motifs is 5. The molecule has 0 aromatic rings. The average Bonchev–Trinajstić information content (AvgIpc) is 3.33. The zero-order valence-electron chi connectivity index (χ0n) is 28.3. The number of hydrogen-bond donors (Lipinski definition) is 7. The smallest absolute Gasteiger partial charge is 0.306 e. The summed E-state index contributed by atoms with van der Waals surface area (Å²) in [6.07, 6.45) is 1.14. The molecular weight excluding hydrogens is 689 g/mol. The van der Waals surface area contributed by atoms with E-state index in [4.69, 9.17) is 40.7 Å². The molecule has 0 bridgehead atoms. The number of hydrogen-bond acceptors (Lipinski definition) is 19. The Morgan fingerprint density at radius 2 is 1.65 bits per heavy atom. The molecule has 3 unspecified atom stereocenters. The van der Waals surface area contributed by atoms with Gasteiger partial charge in [-0.3, -0.25) is 55.3 Å². The van der Waals surface area contributed by atoms with Gasteiger partial charge < -0.3 is 14.6 Å². The van der Waals surface area contributed by atoms with Gasteiger partial charge in [0.2, 0.25) is 5.78 Å². The third-order valence-electron chi connectivity index (χ3n) is 11.1. The van der Waals surface area contributed by atoms with Gasteiger partial charge in [-0.15, -0.1) is 0 Å². The molecular formula is C31H46FN3O16. The highest BCUT2D eigenvalue weighted by molar-refractivity contribution is 6.01. The summed E-state index contributed by atoms with van der Waals surface area (Å²) in [6, 6.07) is 0. The Kier molecular flexibility index (Phi) is 13.2. The first-order valence-electron chi connectivity index (χ1n) is 16.6. The van der Waals surface area contributed by atoms with Gasteiger partial charge in [0.1, 0.15) is 12.7 Å². The first-order valence-corrected chi connectivity index (χ1v) is 16.6. The lowest BCUT2D eigenvalue weighted by Crippen LogP contribution is -2.69. The van der Waals surface area contributed by atoms with Gasteiger partial charge in [-0.1, -0.05) is 18.6 Å². The number of aliphatic hydroxyl groups is 1. The van der Waals surface area contributed by atoms with E-state index in [2.05, 4.69) is 14.5 Å². The number of alkyl halides is 1. The Morgan fingerprint density at radius 1 is 0.961 bits per heavy atom. The summed E-state index contributed by atoms with van der Waals surface area (Å²) in [6.45, 7) is 1.61. The van der Waals surface area contributed by atoms with E-state index >= 15 is 4.39 Å². The molecule has 0 aliphatic heterocycles. The molecule has 0 radical (unpaired) electrons. The topological polar surface area (TPSA) is 266 Å². The second kappa shape index (κ2) is 16.5. The van der Waals surface area contributed by atoms with Crippen LogP contribution in [0.4, 0.5) is 4.39 Å². The first-order chi connectivity index (χ1) is 23.9. The quantitative estimate of drug-likeness (QED) is 0.0603. The van der Waals surface area contributed by atoms with Crippen LogP contribution in [0.2, 0.25) is 0 Å². The highest BCUT2D eigenvalue weighted by Crippen LogP contribution is 2.70. The van der Waals surface area contributed by atoms with E-state index in [0.29, 0.717) is 12.0 Å². The number of ketones is 2. The lowest BCUT2D eigenvalue weighted by Gasteiger charge is -2.62. The maximum atomic E-state index is 17.6. The van der Waals surface area contributed by atoms with Crippen LogP contribution in [0.5, 0.6) is 0 Å². The number of halogens is 1. The van der Waals surface area contributed by atoms with Crippen LogP contribution in [-0.2, 0) is 43.2 Å². The fourth-order valence-corrected chi connectivity index (χ4v) is 8.75. The molecule has 4 rings (SSSR count). The molecule has 3 saturated carbocycles. The number of ether oxygens (including phenoxy) is 2. The molecule has 19 nitrogen and oxygen atoms in total. The van der Waals surface area contributed by atoms with Crippen LogP contribution in [0.1, 0.15) is 78.1 Å². The summed E-state index contributed by atoms with van der Waals surface area (Å²) in [4.78, 5) is 65.7. The maximum absolute atomic E-state index is 17.6. The van der Waals surface area contributed by atoms with Gasteiger partial charge >= 0.3 is 11.9 Å². The van der Waals surface area contributed by atoms with Crippen molar-refractivity contribution < 1.29 is 83.9 Å². The number of nitrogens with zero attached hydrogens (tertiary/aromatic N) is 3. The van der Waals surface area contributed by atoms with Crippen molar-refractivity contribution in [1.29, 1.82) is 0 Å². The molecule has 4 aliphatic carbocycles. The monoisotopic (exact) mass is 735 g/mol. The summed E-state index contributed by atoms with van der Waals surface area (Å²) in [5, 5.41) is 62.7. The predicted molar refractivity (Wildman–Crippen MR) is 159 cm³/mol. The molecule has 20 heteroatoms. The lowest BCUT2D eigenvalue weighted by atomic mass is 9.44. The van der Waals surface area contributed by atoms with Crippen molar-refractivity contribution in [2.75, 3.05) is 19.8 Å². The number of Topliss-reactive ketones (excluding diaryl/α,β-unsaturated/α-hetero) is 1. The summed E-state index contributed by atoms with van der Waals surface area (Å²) >= 11 is 0. The molecule has 0 spiro atoms. The van der Waals surface area contributed by atoms with Gasteiger partial charge in [0.05, 0.1) is 28.9 Å². The van der Waals surface area contributed by atoms with Crippen LogP contribution < -0.4 is 0 Å².